The first-order valence-corrected chi connectivity index (χ1v) is 7.05. The summed E-state index contributed by atoms with van der Waals surface area (Å²) in [5.41, 5.74) is 7.86. The Labute approximate surface area is 123 Å². The first-order valence-electron chi connectivity index (χ1n) is 6.67. The molecule has 2 rings (SSSR count). The SMILES string of the molecule is CCC(N)Cc1cc(Cl)ccc1OCc1cc(C)no1. The van der Waals surface area contributed by atoms with Crippen molar-refractivity contribution in [2.24, 2.45) is 5.73 Å². The summed E-state index contributed by atoms with van der Waals surface area (Å²) in [5.74, 6) is 1.48. The molecule has 0 saturated carbocycles. The summed E-state index contributed by atoms with van der Waals surface area (Å²) in [6.07, 6.45) is 1.65. The number of halogens is 1. The van der Waals surface area contributed by atoms with Gasteiger partial charge in [0.05, 0.1) is 5.69 Å². The monoisotopic (exact) mass is 294 g/mol. The fourth-order valence-electron chi connectivity index (χ4n) is 1.91. The lowest BCUT2D eigenvalue weighted by molar-refractivity contribution is 0.246. The van der Waals surface area contributed by atoms with Gasteiger partial charge in [0.2, 0.25) is 0 Å². The molecule has 4 nitrogen and oxygen atoms in total. The van der Waals surface area contributed by atoms with E-state index >= 15 is 0 Å². The van der Waals surface area contributed by atoms with Gasteiger partial charge in [-0.05, 0) is 43.5 Å². The summed E-state index contributed by atoms with van der Waals surface area (Å²) in [6.45, 7) is 4.28. The number of nitrogens with two attached hydrogens (primary N) is 1. The van der Waals surface area contributed by atoms with Crippen molar-refractivity contribution in [3.8, 4) is 5.75 Å². The fraction of sp³-hybridized carbons (Fsp3) is 0.400. The van der Waals surface area contributed by atoms with E-state index in [1.165, 1.54) is 0 Å². The Kier molecular flexibility index (Phi) is 5.04. The molecule has 0 aliphatic rings. The minimum absolute atomic E-state index is 0.100. The molecule has 0 bridgehead atoms. The average Bonchev–Trinajstić information content (AvgIpc) is 2.83. The number of ether oxygens (including phenoxy) is 1. The lowest BCUT2D eigenvalue weighted by atomic mass is 10.0. The molecule has 0 spiro atoms. The molecule has 20 heavy (non-hydrogen) atoms. The van der Waals surface area contributed by atoms with E-state index in [1.807, 2.05) is 31.2 Å². The Morgan fingerprint density at radius 1 is 1.40 bits per heavy atom. The van der Waals surface area contributed by atoms with Crippen LogP contribution in [0.2, 0.25) is 5.02 Å². The first kappa shape index (κ1) is 14.9. The number of aromatic nitrogens is 1. The van der Waals surface area contributed by atoms with E-state index < -0.39 is 0 Å². The van der Waals surface area contributed by atoms with Crippen molar-refractivity contribution in [1.82, 2.24) is 5.16 Å². The zero-order valence-corrected chi connectivity index (χ0v) is 12.5. The summed E-state index contributed by atoms with van der Waals surface area (Å²) in [5, 5.41) is 4.52. The Hall–Kier alpha value is -1.52. The van der Waals surface area contributed by atoms with Gasteiger partial charge in [-0.15, -0.1) is 0 Å². The van der Waals surface area contributed by atoms with E-state index in [-0.39, 0.29) is 6.04 Å². The molecule has 0 saturated heterocycles. The molecule has 0 aliphatic carbocycles. The minimum atomic E-state index is 0.100. The Balaban J connectivity index is 2.09. The van der Waals surface area contributed by atoms with E-state index in [4.69, 9.17) is 26.6 Å². The molecule has 1 unspecified atom stereocenters. The third-order valence-electron chi connectivity index (χ3n) is 3.08. The zero-order valence-electron chi connectivity index (χ0n) is 11.7. The second-order valence-corrected chi connectivity index (χ2v) is 5.28. The highest BCUT2D eigenvalue weighted by molar-refractivity contribution is 6.30. The largest absolute Gasteiger partial charge is 0.485 e. The van der Waals surface area contributed by atoms with Crippen molar-refractivity contribution in [3.05, 3.63) is 46.3 Å². The van der Waals surface area contributed by atoms with Gasteiger partial charge in [0.15, 0.2) is 5.76 Å². The van der Waals surface area contributed by atoms with Crippen molar-refractivity contribution < 1.29 is 9.26 Å². The second kappa shape index (κ2) is 6.77. The zero-order chi connectivity index (χ0) is 14.5. The number of hydrogen-bond donors (Lipinski definition) is 1. The molecule has 0 aliphatic heterocycles. The van der Waals surface area contributed by atoms with Crippen LogP contribution in [-0.4, -0.2) is 11.2 Å². The highest BCUT2D eigenvalue weighted by Crippen LogP contribution is 2.25. The third-order valence-corrected chi connectivity index (χ3v) is 3.31. The number of aryl methyl sites for hydroxylation is 1. The third kappa shape index (κ3) is 3.99. The van der Waals surface area contributed by atoms with Crippen LogP contribution in [0.4, 0.5) is 0 Å². The lowest BCUT2D eigenvalue weighted by Gasteiger charge is -2.14. The highest BCUT2D eigenvalue weighted by atomic mass is 35.5. The number of hydrogen-bond acceptors (Lipinski definition) is 4. The van der Waals surface area contributed by atoms with E-state index in [0.717, 1.165) is 29.8 Å². The summed E-state index contributed by atoms with van der Waals surface area (Å²) in [7, 11) is 0. The molecule has 5 heteroatoms. The molecular formula is C15H19ClN2O2. The molecule has 2 N–H and O–H groups in total. The van der Waals surface area contributed by atoms with Crippen LogP contribution in [-0.2, 0) is 13.0 Å². The smallest absolute Gasteiger partial charge is 0.174 e. The average molecular weight is 295 g/mol. The minimum Gasteiger partial charge on any atom is -0.485 e. The Morgan fingerprint density at radius 2 is 2.20 bits per heavy atom. The van der Waals surface area contributed by atoms with Crippen molar-refractivity contribution in [1.29, 1.82) is 0 Å². The van der Waals surface area contributed by atoms with Crippen LogP contribution in [0, 0.1) is 6.92 Å². The molecule has 1 heterocycles. The maximum atomic E-state index is 6.04. The Bertz CT molecular complexity index is 569. The van der Waals surface area contributed by atoms with Gasteiger partial charge in [0, 0.05) is 17.1 Å². The molecule has 0 fully saturated rings. The van der Waals surface area contributed by atoms with Gasteiger partial charge in [0.1, 0.15) is 12.4 Å². The van der Waals surface area contributed by atoms with Gasteiger partial charge in [0.25, 0.3) is 0 Å². The molecule has 1 aromatic heterocycles. The molecule has 2 aromatic rings. The predicted octanol–water partition coefficient (Wildman–Crippen LogP) is 3.50. The summed E-state index contributed by atoms with van der Waals surface area (Å²) in [6, 6.07) is 7.53. The van der Waals surface area contributed by atoms with Crippen molar-refractivity contribution in [2.75, 3.05) is 0 Å². The standard InChI is InChI=1S/C15H19ClN2O2/c1-3-13(17)8-11-7-12(16)4-5-15(11)19-9-14-6-10(2)18-20-14/h4-7,13H,3,8-9,17H2,1-2H3. The van der Waals surface area contributed by atoms with Crippen molar-refractivity contribution in [3.63, 3.8) is 0 Å². The molecule has 1 atom stereocenters. The predicted molar refractivity (Wildman–Crippen MR) is 79.0 cm³/mol. The topological polar surface area (TPSA) is 61.3 Å². The number of nitrogens with zero attached hydrogens (tertiary/aromatic N) is 1. The summed E-state index contributed by atoms with van der Waals surface area (Å²) in [4.78, 5) is 0. The van der Waals surface area contributed by atoms with Crippen LogP contribution < -0.4 is 10.5 Å². The highest BCUT2D eigenvalue weighted by Gasteiger charge is 2.10. The lowest BCUT2D eigenvalue weighted by Crippen LogP contribution is -2.21. The van der Waals surface area contributed by atoms with Gasteiger partial charge in [-0.3, -0.25) is 0 Å². The van der Waals surface area contributed by atoms with Gasteiger partial charge in [-0.2, -0.15) is 0 Å². The van der Waals surface area contributed by atoms with Crippen LogP contribution in [0.1, 0.15) is 30.4 Å². The first-order chi connectivity index (χ1) is 9.58. The second-order valence-electron chi connectivity index (χ2n) is 4.85. The van der Waals surface area contributed by atoms with Crippen molar-refractivity contribution in [2.45, 2.75) is 39.3 Å². The van der Waals surface area contributed by atoms with E-state index in [0.29, 0.717) is 17.4 Å². The van der Waals surface area contributed by atoms with Crippen LogP contribution in [0.15, 0.2) is 28.8 Å². The van der Waals surface area contributed by atoms with E-state index in [9.17, 15) is 0 Å². The molecule has 108 valence electrons. The fourth-order valence-corrected chi connectivity index (χ4v) is 2.10. The van der Waals surface area contributed by atoms with Crippen LogP contribution in [0.25, 0.3) is 0 Å². The molecule has 1 aromatic carbocycles. The molecular weight excluding hydrogens is 276 g/mol. The Morgan fingerprint density at radius 3 is 2.85 bits per heavy atom. The van der Waals surface area contributed by atoms with Gasteiger partial charge in [-0.25, -0.2) is 0 Å². The summed E-state index contributed by atoms with van der Waals surface area (Å²) >= 11 is 6.04. The normalized spacial score (nSPS) is 12.4. The van der Waals surface area contributed by atoms with Gasteiger partial charge < -0.3 is 15.0 Å². The quantitative estimate of drug-likeness (QED) is 0.886. The van der Waals surface area contributed by atoms with Crippen LogP contribution >= 0.6 is 11.6 Å². The molecule has 0 radical (unpaired) electrons. The summed E-state index contributed by atoms with van der Waals surface area (Å²) < 4.78 is 10.9. The van der Waals surface area contributed by atoms with Crippen LogP contribution in [0.5, 0.6) is 5.75 Å². The van der Waals surface area contributed by atoms with Crippen LogP contribution in [0.3, 0.4) is 0 Å². The number of rotatable bonds is 6. The number of benzene rings is 1. The molecule has 0 amide bonds. The maximum Gasteiger partial charge on any atom is 0.174 e. The van der Waals surface area contributed by atoms with Gasteiger partial charge in [-0.1, -0.05) is 23.7 Å². The van der Waals surface area contributed by atoms with Gasteiger partial charge >= 0.3 is 0 Å². The van der Waals surface area contributed by atoms with E-state index in [2.05, 4.69) is 12.1 Å². The van der Waals surface area contributed by atoms with E-state index in [1.54, 1.807) is 0 Å². The maximum absolute atomic E-state index is 6.04. The van der Waals surface area contributed by atoms with Crippen molar-refractivity contribution >= 4 is 11.6 Å².